The van der Waals surface area contributed by atoms with Crippen LogP contribution in [0.1, 0.15) is 46.0 Å². The number of hydrogen-bond donors (Lipinski definition) is 2. The molecule has 0 aliphatic rings. The van der Waals surface area contributed by atoms with Crippen molar-refractivity contribution in [1.29, 1.82) is 0 Å². The number of benzene rings is 1. The van der Waals surface area contributed by atoms with E-state index in [0.29, 0.717) is 12.3 Å². The molecular formula is C19H30N2O3S. The van der Waals surface area contributed by atoms with Gasteiger partial charge in [0.25, 0.3) is 0 Å². The third-order valence-corrected chi connectivity index (χ3v) is 4.86. The van der Waals surface area contributed by atoms with E-state index in [9.17, 15) is 9.59 Å². The Morgan fingerprint density at radius 1 is 1.12 bits per heavy atom. The van der Waals surface area contributed by atoms with Crippen LogP contribution in [0.4, 0.5) is 0 Å². The van der Waals surface area contributed by atoms with Gasteiger partial charge in [-0.3, -0.25) is 9.59 Å². The lowest BCUT2D eigenvalue weighted by Gasteiger charge is -2.17. The van der Waals surface area contributed by atoms with Crippen molar-refractivity contribution in [2.24, 2.45) is 0 Å². The molecule has 6 heteroatoms. The molecule has 0 radical (unpaired) electrons. The van der Waals surface area contributed by atoms with Crippen molar-refractivity contribution in [2.45, 2.75) is 56.9 Å². The molecule has 1 rings (SSSR count). The second kappa shape index (κ2) is 12.6. The number of carbonyl (C=O) groups is 2. The fourth-order valence-corrected chi connectivity index (χ4v) is 3.27. The van der Waals surface area contributed by atoms with E-state index in [0.717, 1.165) is 23.5 Å². The van der Waals surface area contributed by atoms with Crippen LogP contribution in [0, 0.1) is 0 Å². The van der Waals surface area contributed by atoms with Crippen LogP contribution < -0.4 is 15.4 Å². The Kier molecular flexibility index (Phi) is 10.8. The summed E-state index contributed by atoms with van der Waals surface area (Å²) in [5.74, 6) is 0.974. The molecule has 0 aliphatic heterocycles. The van der Waals surface area contributed by atoms with Crippen LogP contribution in [0.25, 0.3) is 0 Å². The van der Waals surface area contributed by atoms with Crippen LogP contribution in [0.2, 0.25) is 0 Å². The highest BCUT2D eigenvalue weighted by Gasteiger charge is 2.19. The number of methoxy groups -OCH3 is 1. The summed E-state index contributed by atoms with van der Waals surface area (Å²) in [6, 6.07) is 7.12. The molecule has 0 heterocycles. The highest BCUT2D eigenvalue weighted by Crippen LogP contribution is 2.22. The van der Waals surface area contributed by atoms with Crippen molar-refractivity contribution in [2.75, 3.05) is 19.4 Å². The van der Waals surface area contributed by atoms with E-state index in [-0.39, 0.29) is 11.8 Å². The predicted octanol–water partition coefficient (Wildman–Crippen LogP) is 3.38. The van der Waals surface area contributed by atoms with E-state index in [1.807, 2.05) is 24.3 Å². The number of unbranched alkanes of at least 4 members (excludes halogenated alkanes) is 4. The minimum Gasteiger partial charge on any atom is -0.497 e. The van der Waals surface area contributed by atoms with Gasteiger partial charge in [-0.25, -0.2) is 0 Å². The van der Waals surface area contributed by atoms with Crippen molar-refractivity contribution >= 4 is 23.6 Å². The molecule has 0 spiro atoms. The van der Waals surface area contributed by atoms with Gasteiger partial charge < -0.3 is 15.4 Å². The first kappa shape index (κ1) is 21.4. The number of carbonyl (C=O) groups excluding carboxylic acids is 2. The van der Waals surface area contributed by atoms with Crippen molar-refractivity contribution in [1.82, 2.24) is 10.6 Å². The van der Waals surface area contributed by atoms with E-state index in [2.05, 4.69) is 17.6 Å². The topological polar surface area (TPSA) is 67.4 Å². The third kappa shape index (κ3) is 9.39. The zero-order chi connectivity index (χ0) is 18.5. The normalized spacial score (nSPS) is 11.6. The molecule has 1 atom stereocenters. The Bertz CT molecular complexity index is 520. The smallest absolute Gasteiger partial charge is 0.243 e. The Labute approximate surface area is 155 Å². The Morgan fingerprint density at radius 2 is 1.80 bits per heavy atom. The van der Waals surface area contributed by atoms with E-state index in [1.165, 1.54) is 37.9 Å². The minimum absolute atomic E-state index is 0.119. The molecule has 0 aliphatic carbocycles. The highest BCUT2D eigenvalue weighted by molar-refractivity contribution is 7.99. The van der Waals surface area contributed by atoms with Gasteiger partial charge in [0.2, 0.25) is 11.8 Å². The lowest BCUT2D eigenvalue weighted by molar-refractivity contribution is -0.127. The van der Waals surface area contributed by atoms with Gasteiger partial charge in [-0.05, 0) is 30.7 Å². The van der Waals surface area contributed by atoms with E-state index in [4.69, 9.17) is 4.74 Å². The number of thioether (sulfide) groups is 1. The maximum absolute atomic E-state index is 12.3. The fraction of sp³-hybridized carbons (Fsp3) is 0.579. The van der Waals surface area contributed by atoms with Crippen LogP contribution in [0.15, 0.2) is 29.2 Å². The average Bonchev–Trinajstić information content (AvgIpc) is 2.61. The summed E-state index contributed by atoms with van der Waals surface area (Å²) in [5.41, 5.74) is 0. The van der Waals surface area contributed by atoms with Crippen LogP contribution in [-0.4, -0.2) is 37.3 Å². The Hall–Kier alpha value is -1.69. The zero-order valence-corrected chi connectivity index (χ0v) is 16.3. The summed E-state index contributed by atoms with van der Waals surface area (Å²) >= 11 is 1.54. The largest absolute Gasteiger partial charge is 0.497 e. The monoisotopic (exact) mass is 366 g/mol. The summed E-state index contributed by atoms with van der Waals surface area (Å²) in [5, 5.41) is 5.67. The standard InChI is InChI=1S/C19H30N2O3S/c1-4-5-6-7-8-13-20-19(23)18(21-15(2)22)14-25-17-11-9-16(24-3)10-12-17/h9-12,18H,4-8,13-14H2,1-3H3,(H,20,23)(H,21,22). The molecule has 0 saturated carbocycles. The molecule has 0 fully saturated rings. The summed E-state index contributed by atoms with van der Waals surface area (Å²) in [6.07, 6.45) is 5.75. The first-order chi connectivity index (χ1) is 12.1. The molecule has 1 unspecified atom stereocenters. The molecular weight excluding hydrogens is 336 g/mol. The molecule has 1 aromatic carbocycles. The van der Waals surface area contributed by atoms with Crippen molar-refractivity contribution in [3.8, 4) is 5.75 Å². The predicted molar refractivity (Wildman–Crippen MR) is 103 cm³/mol. The molecule has 0 bridgehead atoms. The third-order valence-electron chi connectivity index (χ3n) is 3.75. The molecule has 5 nitrogen and oxygen atoms in total. The van der Waals surface area contributed by atoms with Gasteiger partial charge in [-0.2, -0.15) is 0 Å². The molecule has 2 amide bonds. The van der Waals surface area contributed by atoms with Crippen LogP contribution in [0.3, 0.4) is 0 Å². The zero-order valence-electron chi connectivity index (χ0n) is 15.5. The second-order valence-electron chi connectivity index (χ2n) is 5.94. The molecule has 1 aromatic rings. The van der Waals surface area contributed by atoms with Gasteiger partial charge in [-0.15, -0.1) is 11.8 Å². The number of nitrogens with one attached hydrogen (secondary N) is 2. The van der Waals surface area contributed by atoms with Gasteiger partial charge in [-0.1, -0.05) is 32.6 Å². The average molecular weight is 367 g/mol. The van der Waals surface area contributed by atoms with Crippen molar-refractivity contribution in [3.63, 3.8) is 0 Å². The Morgan fingerprint density at radius 3 is 2.40 bits per heavy atom. The maximum atomic E-state index is 12.3. The number of hydrogen-bond acceptors (Lipinski definition) is 4. The quantitative estimate of drug-likeness (QED) is 0.440. The van der Waals surface area contributed by atoms with E-state index < -0.39 is 6.04 Å². The second-order valence-corrected chi connectivity index (χ2v) is 7.04. The number of amides is 2. The molecule has 0 aromatic heterocycles. The lowest BCUT2D eigenvalue weighted by Crippen LogP contribution is -2.47. The highest BCUT2D eigenvalue weighted by atomic mass is 32.2. The Balaban J connectivity index is 2.43. The van der Waals surface area contributed by atoms with Crippen LogP contribution in [0.5, 0.6) is 5.75 Å². The molecule has 0 saturated heterocycles. The molecule has 140 valence electrons. The SMILES string of the molecule is CCCCCCCNC(=O)C(CSc1ccc(OC)cc1)NC(C)=O. The minimum atomic E-state index is -0.528. The summed E-state index contributed by atoms with van der Waals surface area (Å²) in [6.45, 7) is 4.27. The van der Waals surface area contributed by atoms with Crippen molar-refractivity contribution in [3.05, 3.63) is 24.3 Å². The molecule has 2 N–H and O–H groups in total. The van der Waals surface area contributed by atoms with Gasteiger partial charge in [0.15, 0.2) is 0 Å². The molecule has 25 heavy (non-hydrogen) atoms. The number of ether oxygens (including phenoxy) is 1. The van der Waals surface area contributed by atoms with Crippen LogP contribution in [-0.2, 0) is 9.59 Å². The van der Waals surface area contributed by atoms with Crippen LogP contribution >= 0.6 is 11.8 Å². The van der Waals surface area contributed by atoms with Crippen molar-refractivity contribution < 1.29 is 14.3 Å². The summed E-state index contributed by atoms with van der Waals surface area (Å²) in [4.78, 5) is 24.7. The first-order valence-electron chi connectivity index (χ1n) is 8.88. The first-order valence-corrected chi connectivity index (χ1v) is 9.87. The van der Waals surface area contributed by atoms with E-state index >= 15 is 0 Å². The van der Waals surface area contributed by atoms with E-state index in [1.54, 1.807) is 7.11 Å². The summed E-state index contributed by atoms with van der Waals surface area (Å²) < 4.78 is 5.13. The van der Waals surface area contributed by atoms with Gasteiger partial charge in [0.05, 0.1) is 7.11 Å². The number of rotatable bonds is 12. The fourth-order valence-electron chi connectivity index (χ4n) is 2.34. The van der Waals surface area contributed by atoms with Gasteiger partial charge in [0, 0.05) is 24.1 Å². The van der Waals surface area contributed by atoms with Gasteiger partial charge >= 0.3 is 0 Å². The summed E-state index contributed by atoms with van der Waals surface area (Å²) in [7, 11) is 1.63. The maximum Gasteiger partial charge on any atom is 0.243 e. The lowest BCUT2D eigenvalue weighted by atomic mass is 10.1. The van der Waals surface area contributed by atoms with Gasteiger partial charge in [0.1, 0.15) is 11.8 Å².